The minimum atomic E-state index is -0.771. The van der Waals surface area contributed by atoms with Crippen LogP contribution in [0.1, 0.15) is 54.4 Å². The van der Waals surface area contributed by atoms with Crippen LogP contribution in [0, 0.1) is 23.7 Å². The lowest BCUT2D eigenvalue weighted by molar-refractivity contribution is -0.154. The summed E-state index contributed by atoms with van der Waals surface area (Å²) in [4.78, 5) is 45.3. The standard InChI is InChI=1S/C27H42N2O5S/c1-9-12-28(26(6,7)8)24(32)22-27-17(5)14-19(35-27)20(25(33)34-13-10-2)21(27)23(31)29(22)18(15-30)16(4)11-3/h9-10,16-22,30H,1-2,11-15H2,3-8H3/t16-,17?,18-,19+,20-,21-,22?,27?/m0/s1. The van der Waals surface area contributed by atoms with Gasteiger partial charge in [-0.15, -0.1) is 18.3 Å². The zero-order valence-electron chi connectivity index (χ0n) is 22.0. The molecule has 3 rings (SSSR count). The second-order valence-corrected chi connectivity index (χ2v) is 12.8. The van der Waals surface area contributed by atoms with Crippen LogP contribution in [0.15, 0.2) is 25.3 Å². The molecule has 7 nitrogen and oxygen atoms in total. The molecule has 0 aromatic carbocycles. The third-order valence-electron chi connectivity index (χ3n) is 8.27. The van der Waals surface area contributed by atoms with E-state index in [4.69, 9.17) is 4.74 Å². The predicted octanol–water partition coefficient (Wildman–Crippen LogP) is 3.27. The summed E-state index contributed by atoms with van der Waals surface area (Å²) in [6.07, 6.45) is 4.71. The Balaban J connectivity index is 2.18. The maximum atomic E-state index is 14.4. The molecule has 35 heavy (non-hydrogen) atoms. The number of aliphatic hydroxyl groups excluding tert-OH is 1. The minimum absolute atomic E-state index is 0.0133. The highest BCUT2D eigenvalue weighted by atomic mass is 32.2. The molecule has 0 saturated carbocycles. The molecule has 8 heteroatoms. The van der Waals surface area contributed by atoms with E-state index in [9.17, 15) is 19.5 Å². The van der Waals surface area contributed by atoms with E-state index in [0.717, 1.165) is 12.8 Å². The molecular weight excluding hydrogens is 464 g/mol. The van der Waals surface area contributed by atoms with Crippen molar-refractivity contribution in [2.24, 2.45) is 23.7 Å². The fourth-order valence-corrected chi connectivity index (χ4v) is 8.78. The number of carbonyl (C=O) groups is 3. The van der Waals surface area contributed by atoms with Crippen molar-refractivity contribution in [2.45, 2.75) is 82.0 Å². The van der Waals surface area contributed by atoms with Crippen LogP contribution in [0.5, 0.6) is 0 Å². The number of nitrogens with zero attached hydrogens (tertiary/aromatic N) is 2. The van der Waals surface area contributed by atoms with Crippen LogP contribution in [0.25, 0.3) is 0 Å². The molecule has 196 valence electrons. The van der Waals surface area contributed by atoms with Crippen molar-refractivity contribution in [1.82, 2.24) is 9.80 Å². The van der Waals surface area contributed by atoms with E-state index >= 15 is 0 Å². The number of amides is 2. The summed E-state index contributed by atoms with van der Waals surface area (Å²) in [6.45, 7) is 19.7. The minimum Gasteiger partial charge on any atom is -0.461 e. The molecule has 2 amide bonds. The Labute approximate surface area is 214 Å². The largest absolute Gasteiger partial charge is 0.461 e. The average Bonchev–Trinajstić information content (AvgIpc) is 3.39. The first-order valence-electron chi connectivity index (χ1n) is 12.7. The lowest BCUT2D eigenvalue weighted by Crippen LogP contribution is -2.62. The van der Waals surface area contributed by atoms with Gasteiger partial charge in [0.1, 0.15) is 12.6 Å². The smallest absolute Gasteiger partial charge is 0.311 e. The quantitative estimate of drug-likeness (QED) is 0.362. The van der Waals surface area contributed by atoms with Crippen LogP contribution >= 0.6 is 11.8 Å². The van der Waals surface area contributed by atoms with Gasteiger partial charge in [0.2, 0.25) is 11.8 Å². The van der Waals surface area contributed by atoms with Crippen LogP contribution in [-0.2, 0) is 19.1 Å². The van der Waals surface area contributed by atoms with Crippen LogP contribution < -0.4 is 0 Å². The highest BCUT2D eigenvalue weighted by Crippen LogP contribution is 2.69. The molecular formula is C27H42N2O5S. The molecule has 1 N–H and O–H groups in total. The Bertz CT molecular complexity index is 870. The maximum Gasteiger partial charge on any atom is 0.311 e. The summed E-state index contributed by atoms with van der Waals surface area (Å²) in [7, 11) is 0. The molecule has 0 radical (unpaired) electrons. The number of thioether (sulfide) groups is 1. The molecule has 8 atom stereocenters. The van der Waals surface area contributed by atoms with Crippen molar-refractivity contribution in [3.8, 4) is 0 Å². The maximum absolute atomic E-state index is 14.4. The number of fused-ring (bicyclic) bond motifs is 1. The van der Waals surface area contributed by atoms with Gasteiger partial charge in [0, 0.05) is 17.3 Å². The lowest BCUT2D eigenvalue weighted by Gasteiger charge is -2.45. The molecule has 3 saturated heterocycles. The third-order valence-corrected chi connectivity index (χ3v) is 10.3. The molecule has 0 aromatic heterocycles. The van der Waals surface area contributed by atoms with Gasteiger partial charge in [-0.05, 0) is 39.0 Å². The Morgan fingerprint density at radius 1 is 1.34 bits per heavy atom. The fraction of sp³-hybridized carbons (Fsp3) is 0.741. The molecule has 3 heterocycles. The zero-order valence-corrected chi connectivity index (χ0v) is 22.8. The number of rotatable bonds is 10. The molecule has 0 aliphatic carbocycles. The molecule has 2 bridgehead atoms. The lowest BCUT2D eigenvalue weighted by atomic mass is 9.66. The van der Waals surface area contributed by atoms with Crippen molar-refractivity contribution in [3.05, 3.63) is 25.3 Å². The van der Waals surface area contributed by atoms with Gasteiger partial charge in [-0.2, -0.15) is 0 Å². The molecule has 3 fully saturated rings. The first-order chi connectivity index (χ1) is 16.4. The van der Waals surface area contributed by atoms with Crippen LogP contribution in [0.3, 0.4) is 0 Å². The summed E-state index contributed by atoms with van der Waals surface area (Å²) < 4.78 is 4.70. The summed E-state index contributed by atoms with van der Waals surface area (Å²) in [5.41, 5.74) is -0.493. The SMILES string of the molecule is C=CCOC(=O)[C@@H]1[C@H]2C(=O)N([C@@H](CO)[C@@H](C)CC)C(C(=O)N(CC=C)C(C)(C)C)C23S[C@@H]1CC3C. The number of carbonyl (C=O) groups excluding carboxylic acids is 3. The van der Waals surface area contributed by atoms with E-state index in [0.29, 0.717) is 6.54 Å². The van der Waals surface area contributed by atoms with Crippen molar-refractivity contribution in [1.29, 1.82) is 0 Å². The molecule has 0 aromatic rings. The van der Waals surface area contributed by atoms with Crippen molar-refractivity contribution in [2.75, 3.05) is 19.8 Å². The van der Waals surface area contributed by atoms with Gasteiger partial charge in [-0.3, -0.25) is 14.4 Å². The van der Waals surface area contributed by atoms with Crippen LogP contribution in [0.2, 0.25) is 0 Å². The molecule has 3 aliphatic heterocycles. The van der Waals surface area contributed by atoms with Crippen molar-refractivity contribution in [3.63, 3.8) is 0 Å². The van der Waals surface area contributed by atoms with Crippen LogP contribution in [-0.4, -0.2) is 80.1 Å². The Morgan fingerprint density at radius 2 is 2.00 bits per heavy atom. The summed E-state index contributed by atoms with van der Waals surface area (Å²) in [6, 6.07) is -1.28. The fourth-order valence-electron chi connectivity index (χ4n) is 6.39. The van der Waals surface area contributed by atoms with Gasteiger partial charge in [-0.1, -0.05) is 45.9 Å². The van der Waals surface area contributed by atoms with E-state index in [1.54, 1.807) is 27.6 Å². The number of hydrogen-bond acceptors (Lipinski definition) is 6. The molecule has 3 unspecified atom stereocenters. The number of hydrogen-bond donors (Lipinski definition) is 1. The number of esters is 1. The third kappa shape index (κ3) is 4.35. The Hall–Kier alpha value is -1.80. The summed E-state index contributed by atoms with van der Waals surface area (Å²) >= 11 is 1.62. The van der Waals surface area contributed by atoms with Crippen LogP contribution in [0.4, 0.5) is 0 Å². The monoisotopic (exact) mass is 506 g/mol. The summed E-state index contributed by atoms with van der Waals surface area (Å²) in [5.74, 6) is -1.98. The van der Waals surface area contributed by atoms with E-state index in [-0.39, 0.29) is 42.1 Å². The van der Waals surface area contributed by atoms with Gasteiger partial charge >= 0.3 is 5.97 Å². The van der Waals surface area contributed by atoms with Crippen molar-refractivity contribution < 1.29 is 24.2 Å². The topological polar surface area (TPSA) is 87.1 Å². The predicted molar refractivity (Wildman–Crippen MR) is 139 cm³/mol. The average molecular weight is 507 g/mol. The zero-order chi connectivity index (χ0) is 26.3. The number of likely N-dealkylation sites (tertiary alicyclic amines) is 1. The van der Waals surface area contributed by atoms with E-state index < -0.39 is 40.2 Å². The van der Waals surface area contributed by atoms with E-state index in [1.807, 2.05) is 34.6 Å². The summed E-state index contributed by atoms with van der Waals surface area (Å²) in [5, 5.41) is 10.4. The second kappa shape index (κ2) is 10.3. The van der Waals surface area contributed by atoms with Crippen molar-refractivity contribution >= 4 is 29.5 Å². The van der Waals surface area contributed by atoms with Gasteiger partial charge in [-0.25, -0.2) is 0 Å². The van der Waals surface area contributed by atoms with Gasteiger partial charge < -0.3 is 19.6 Å². The second-order valence-electron chi connectivity index (χ2n) is 11.3. The van der Waals surface area contributed by atoms with Gasteiger partial charge in [0.05, 0.1) is 29.2 Å². The Kier molecular flexibility index (Phi) is 8.17. The molecule has 1 spiro atoms. The number of ether oxygens (including phenoxy) is 1. The first-order valence-corrected chi connectivity index (χ1v) is 13.6. The van der Waals surface area contributed by atoms with E-state index in [1.165, 1.54) is 6.08 Å². The highest BCUT2D eigenvalue weighted by Gasteiger charge is 2.77. The van der Waals surface area contributed by atoms with Gasteiger partial charge in [0.15, 0.2) is 0 Å². The highest BCUT2D eigenvalue weighted by molar-refractivity contribution is 8.02. The normalized spacial score (nSPS) is 33.3. The molecule has 3 aliphatic rings. The first kappa shape index (κ1) is 27.8. The number of aliphatic hydroxyl groups is 1. The van der Waals surface area contributed by atoms with E-state index in [2.05, 4.69) is 20.1 Å². The van der Waals surface area contributed by atoms with Gasteiger partial charge in [0.25, 0.3) is 0 Å². The Morgan fingerprint density at radius 3 is 2.51 bits per heavy atom.